The number of nitrogen functional groups attached to an aromatic ring is 1. The molecule has 0 fully saturated rings. The third-order valence-corrected chi connectivity index (χ3v) is 2.97. The van der Waals surface area contributed by atoms with Crippen LogP contribution in [0.5, 0.6) is 0 Å². The minimum atomic E-state index is -0.212. The SMILES string of the molecule is Cc1ccc(-c2[nH]nc(N)c2CC(C)C)cc1F. The summed E-state index contributed by atoms with van der Waals surface area (Å²) in [5.41, 5.74) is 9.07. The van der Waals surface area contributed by atoms with E-state index >= 15 is 0 Å². The molecular weight excluding hydrogens is 229 g/mol. The van der Waals surface area contributed by atoms with Crippen LogP contribution < -0.4 is 5.73 Å². The second-order valence-corrected chi connectivity index (χ2v) is 5.02. The Morgan fingerprint density at radius 3 is 2.72 bits per heavy atom. The second kappa shape index (κ2) is 4.80. The highest BCUT2D eigenvalue weighted by Gasteiger charge is 2.14. The number of H-pyrrole nitrogens is 1. The van der Waals surface area contributed by atoms with E-state index in [0.717, 1.165) is 23.2 Å². The van der Waals surface area contributed by atoms with Crippen LogP contribution in [0, 0.1) is 18.7 Å². The van der Waals surface area contributed by atoms with Gasteiger partial charge in [-0.05, 0) is 30.9 Å². The van der Waals surface area contributed by atoms with Gasteiger partial charge in [0.25, 0.3) is 0 Å². The molecule has 0 aliphatic heterocycles. The van der Waals surface area contributed by atoms with Crippen molar-refractivity contribution in [2.75, 3.05) is 5.73 Å². The topological polar surface area (TPSA) is 54.7 Å². The van der Waals surface area contributed by atoms with Gasteiger partial charge in [0.2, 0.25) is 0 Å². The average Bonchev–Trinajstić information content (AvgIpc) is 2.64. The normalized spacial score (nSPS) is 11.2. The molecule has 2 aromatic rings. The molecular formula is C14H18FN3. The van der Waals surface area contributed by atoms with Crippen molar-refractivity contribution in [3.63, 3.8) is 0 Å². The van der Waals surface area contributed by atoms with Crippen LogP contribution in [0.3, 0.4) is 0 Å². The summed E-state index contributed by atoms with van der Waals surface area (Å²) in [5.74, 6) is 0.759. The number of nitrogens with two attached hydrogens (primary N) is 1. The van der Waals surface area contributed by atoms with Crippen molar-refractivity contribution in [2.45, 2.75) is 27.2 Å². The molecule has 0 bridgehead atoms. The predicted octanol–water partition coefficient (Wildman–Crippen LogP) is 3.30. The number of hydrogen-bond donors (Lipinski definition) is 2. The zero-order valence-electron chi connectivity index (χ0n) is 10.9. The quantitative estimate of drug-likeness (QED) is 0.874. The van der Waals surface area contributed by atoms with Gasteiger partial charge >= 0.3 is 0 Å². The van der Waals surface area contributed by atoms with Crippen LogP contribution in [-0.4, -0.2) is 10.2 Å². The first-order chi connectivity index (χ1) is 8.49. The van der Waals surface area contributed by atoms with Crippen LogP contribution in [0.15, 0.2) is 18.2 Å². The fraction of sp³-hybridized carbons (Fsp3) is 0.357. The van der Waals surface area contributed by atoms with Crippen molar-refractivity contribution in [2.24, 2.45) is 5.92 Å². The highest BCUT2D eigenvalue weighted by molar-refractivity contribution is 5.68. The van der Waals surface area contributed by atoms with Gasteiger partial charge in [0.05, 0.1) is 5.69 Å². The molecule has 0 saturated heterocycles. The molecule has 0 atom stereocenters. The lowest BCUT2D eigenvalue weighted by molar-refractivity contribution is 0.619. The molecule has 2 rings (SSSR count). The summed E-state index contributed by atoms with van der Waals surface area (Å²) in [6, 6.07) is 5.17. The maximum atomic E-state index is 13.6. The van der Waals surface area contributed by atoms with Crippen molar-refractivity contribution >= 4 is 5.82 Å². The first-order valence-electron chi connectivity index (χ1n) is 6.08. The largest absolute Gasteiger partial charge is 0.382 e. The summed E-state index contributed by atoms with van der Waals surface area (Å²) in [7, 11) is 0. The molecule has 3 N–H and O–H groups in total. The minimum absolute atomic E-state index is 0.212. The lowest BCUT2D eigenvalue weighted by Crippen LogP contribution is -1.99. The molecule has 0 unspecified atom stereocenters. The summed E-state index contributed by atoms with van der Waals surface area (Å²) in [6.45, 7) is 5.98. The molecule has 3 nitrogen and oxygen atoms in total. The fourth-order valence-corrected chi connectivity index (χ4v) is 1.98. The summed E-state index contributed by atoms with van der Waals surface area (Å²) >= 11 is 0. The van der Waals surface area contributed by atoms with Gasteiger partial charge in [0, 0.05) is 11.1 Å². The van der Waals surface area contributed by atoms with Gasteiger partial charge in [-0.25, -0.2) is 4.39 Å². The third-order valence-electron chi connectivity index (χ3n) is 2.97. The van der Waals surface area contributed by atoms with Gasteiger partial charge in [-0.15, -0.1) is 0 Å². The smallest absolute Gasteiger partial charge is 0.149 e. The van der Waals surface area contributed by atoms with Crippen LogP contribution >= 0.6 is 0 Å². The molecule has 0 aliphatic carbocycles. The Hall–Kier alpha value is -1.84. The van der Waals surface area contributed by atoms with Crippen LogP contribution in [0.25, 0.3) is 11.3 Å². The van der Waals surface area contributed by atoms with Gasteiger partial charge in [0.1, 0.15) is 11.6 Å². The Kier molecular flexibility index (Phi) is 3.36. The van der Waals surface area contributed by atoms with Crippen molar-refractivity contribution in [3.8, 4) is 11.3 Å². The van der Waals surface area contributed by atoms with E-state index in [1.807, 2.05) is 6.07 Å². The Bertz CT molecular complexity index is 558. The standard InChI is InChI=1S/C14H18FN3/c1-8(2)6-11-13(17-18-14(11)16)10-5-4-9(3)12(15)7-10/h4-5,7-8H,6H2,1-3H3,(H3,16,17,18). The third kappa shape index (κ3) is 2.37. The number of nitrogens with zero attached hydrogens (tertiary/aromatic N) is 1. The molecule has 1 heterocycles. The molecule has 1 aromatic heterocycles. The van der Waals surface area contributed by atoms with Crippen molar-refractivity contribution in [1.29, 1.82) is 0 Å². The Balaban J connectivity index is 2.47. The lowest BCUT2D eigenvalue weighted by Gasteiger charge is -2.07. The van der Waals surface area contributed by atoms with E-state index in [1.165, 1.54) is 6.07 Å². The number of aromatic amines is 1. The maximum Gasteiger partial charge on any atom is 0.149 e. The Morgan fingerprint density at radius 2 is 2.11 bits per heavy atom. The highest BCUT2D eigenvalue weighted by Crippen LogP contribution is 2.28. The molecule has 96 valence electrons. The number of anilines is 1. The van der Waals surface area contributed by atoms with E-state index < -0.39 is 0 Å². The van der Waals surface area contributed by atoms with Crippen molar-refractivity contribution in [1.82, 2.24) is 10.2 Å². The second-order valence-electron chi connectivity index (χ2n) is 5.02. The number of aromatic nitrogens is 2. The summed E-state index contributed by atoms with van der Waals surface area (Å²) in [5, 5.41) is 6.93. The highest BCUT2D eigenvalue weighted by atomic mass is 19.1. The van der Waals surface area contributed by atoms with Gasteiger partial charge in [-0.2, -0.15) is 5.10 Å². The Morgan fingerprint density at radius 1 is 1.39 bits per heavy atom. The van der Waals surface area contributed by atoms with Crippen LogP contribution in [0.2, 0.25) is 0 Å². The summed E-state index contributed by atoms with van der Waals surface area (Å²) < 4.78 is 13.6. The number of aryl methyl sites for hydroxylation is 1. The summed E-state index contributed by atoms with van der Waals surface area (Å²) in [6.07, 6.45) is 0.827. The molecule has 18 heavy (non-hydrogen) atoms. The zero-order valence-corrected chi connectivity index (χ0v) is 10.9. The first-order valence-corrected chi connectivity index (χ1v) is 6.08. The van der Waals surface area contributed by atoms with Gasteiger partial charge in [-0.1, -0.05) is 26.0 Å². The molecule has 1 aromatic carbocycles. The average molecular weight is 247 g/mol. The maximum absolute atomic E-state index is 13.6. The van der Waals surface area contributed by atoms with Crippen molar-refractivity contribution in [3.05, 3.63) is 35.1 Å². The van der Waals surface area contributed by atoms with E-state index in [-0.39, 0.29) is 5.82 Å². The van der Waals surface area contributed by atoms with Gasteiger partial charge < -0.3 is 5.73 Å². The molecule has 4 heteroatoms. The number of nitrogens with one attached hydrogen (secondary N) is 1. The lowest BCUT2D eigenvalue weighted by atomic mass is 9.98. The van der Waals surface area contributed by atoms with Crippen LogP contribution in [0.1, 0.15) is 25.0 Å². The zero-order chi connectivity index (χ0) is 13.3. The number of benzene rings is 1. The van der Waals surface area contributed by atoms with Crippen LogP contribution in [-0.2, 0) is 6.42 Å². The molecule has 0 aliphatic rings. The number of hydrogen-bond acceptors (Lipinski definition) is 2. The minimum Gasteiger partial charge on any atom is -0.382 e. The first kappa shape index (κ1) is 12.6. The molecule has 0 saturated carbocycles. The van der Waals surface area contributed by atoms with E-state index in [9.17, 15) is 4.39 Å². The van der Waals surface area contributed by atoms with E-state index in [0.29, 0.717) is 17.3 Å². The van der Waals surface area contributed by atoms with Gasteiger partial charge in [-0.3, -0.25) is 5.10 Å². The summed E-state index contributed by atoms with van der Waals surface area (Å²) in [4.78, 5) is 0. The van der Waals surface area contributed by atoms with E-state index in [4.69, 9.17) is 5.73 Å². The Labute approximate surface area is 106 Å². The predicted molar refractivity (Wildman–Crippen MR) is 71.7 cm³/mol. The van der Waals surface area contributed by atoms with Gasteiger partial charge in [0.15, 0.2) is 0 Å². The monoisotopic (exact) mass is 247 g/mol. The van der Waals surface area contributed by atoms with E-state index in [1.54, 1.807) is 13.0 Å². The number of halogens is 1. The van der Waals surface area contributed by atoms with Crippen LogP contribution in [0.4, 0.5) is 10.2 Å². The molecule has 0 amide bonds. The fourth-order valence-electron chi connectivity index (χ4n) is 1.98. The molecule has 0 spiro atoms. The molecule has 0 radical (unpaired) electrons. The van der Waals surface area contributed by atoms with Crippen molar-refractivity contribution < 1.29 is 4.39 Å². The number of rotatable bonds is 3. The van der Waals surface area contributed by atoms with E-state index in [2.05, 4.69) is 24.0 Å².